The summed E-state index contributed by atoms with van der Waals surface area (Å²) in [6.07, 6.45) is 1.89. The topological polar surface area (TPSA) is 113 Å². The van der Waals surface area contributed by atoms with Crippen molar-refractivity contribution in [2.75, 3.05) is 11.5 Å². The molecule has 1 heterocycles. The summed E-state index contributed by atoms with van der Waals surface area (Å²) in [5.41, 5.74) is 0. The highest BCUT2D eigenvalue weighted by Crippen LogP contribution is 2.19. The Kier molecular flexibility index (Phi) is 11.6. The van der Waals surface area contributed by atoms with Crippen molar-refractivity contribution in [3.63, 3.8) is 0 Å². The highest BCUT2D eigenvalue weighted by molar-refractivity contribution is 8.14. The van der Waals surface area contributed by atoms with Crippen LogP contribution in [0.1, 0.15) is 39.5 Å². The van der Waals surface area contributed by atoms with Crippen LogP contribution in [0.4, 0.5) is 0 Å². The lowest BCUT2D eigenvalue weighted by Gasteiger charge is -2.11. The monoisotopic (exact) mass is 364 g/mol. The number of amides is 2. The molecule has 2 atom stereocenters. The molecular weight excluding hydrogens is 340 g/mol. The number of carboxylic acids is 1. The maximum Gasteiger partial charge on any atom is 0.326 e. The minimum Gasteiger partial charge on any atom is -0.480 e. The number of rotatable bonds is 7. The summed E-state index contributed by atoms with van der Waals surface area (Å²) >= 11 is 5.20. The Labute approximate surface area is 145 Å². The normalized spacial score (nSPS) is 17.7. The summed E-state index contributed by atoms with van der Waals surface area (Å²) in [6, 6.07) is -1.01. The lowest BCUT2D eigenvalue weighted by molar-refractivity contribution is -0.141. The van der Waals surface area contributed by atoms with Gasteiger partial charge >= 0.3 is 5.97 Å². The van der Waals surface area contributed by atoms with Crippen LogP contribution in [-0.2, 0) is 19.2 Å². The molecule has 0 spiro atoms. The van der Waals surface area contributed by atoms with Crippen molar-refractivity contribution in [1.29, 1.82) is 0 Å². The maximum atomic E-state index is 11.0. The molecule has 0 aromatic carbocycles. The highest BCUT2D eigenvalue weighted by atomic mass is 32.2. The summed E-state index contributed by atoms with van der Waals surface area (Å²) in [4.78, 5) is 43.1. The van der Waals surface area contributed by atoms with Gasteiger partial charge in [0.05, 0.1) is 6.04 Å². The van der Waals surface area contributed by atoms with E-state index in [9.17, 15) is 19.2 Å². The zero-order valence-corrected chi connectivity index (χ0v) is 15.0. The average molecular weight is 364 g/mol. The number of hydrogen-bond acceptors (Lipinski definition) is 6. The van der Waals surface area contributed by atoms with Crippen molar-refractivity contribution < 1.29 is 24.3 Å². The van der Waals surface area contributed by atoms with Crippen LogP contribution in [0.15, 0.2) is 0 Å². The van der Waals surface area contributed by atoms with E-state index in [1.807, 2.05) is 0 Å². The van der Waals surface area contributed by atoms with Gasteiger partial charge in [0.1, 0.15) is 6.04 Å². The number of carboxylic acid groups (broad SMARTS) is 1. The van der Waals surface area contributed by atoms with Gasteiger partial charge in [-0.2, -0.15) is 12.6 Å². The van der Waals surface area contributed by atoms with E-state index in [1.165, 1.54) is 11.8 Å². The van der Waals surface area contributed by atoms with Crippen molar-refractivity contribution in [1.82, 2.24) is 10.6 Å². The van der Waals surface area contributed by atoms with Crippen LogP contribution in [0.3, 0.4) is 0 Å². The summed E-state index contributed by atoms with van der Waals surface area (Å²) in [7, 11) is 0. The number of aliphatic carboxylic acids is 1. The Balaban J connectivity index is 0.000000422. The van der Waals surface area contributed by atoms with Gasteiger partial charge in [-0.25, -0.2) is 4.79 Å². The molecule has 3 N–H and O–H groups in total. The molecule has 1 rings (SSSR count). The van der Waals surface area contributed by atoms with Crippen molar-refractivity contribution >= 4 is 47.3 Å². The lowest BCUT2D eigenvalue weighted by atomic mass is 10.2. The van der Waals surface area contributed by atoms with E-state index in [-0.39, 0.29) is 23.0 Å². The molecule has 1 saturated heterocycles. The minimum absolute atomic E-state index is 0.0362. The predicted octanol–water partition coefficient (Wildman–Crippen LogP) is 0.830. The summed E-state index contributed by atoms with van der Waals surface area (Å²) in [6.45, 7) is 3.46. The quantitative estimate of drug-likeness (QED) is 0.498. The van der Waals surface area contributed by atoms with Gasteiger partial charge in [0.2, 0.25) is 16.9 Å². The van der Waals surface area contributed by atoms with E-state index in [2.05, 4.69) is 23.3 Å². The molecule has 0 radical (unpaired) electrons. The van der Waals surface area contributed by atoms with Crippen LogP contribution in [0.5, 0.6) is 0 Å². The van der Waals surface area contributed by atoms with E-state index >= 15 is 0 Å². The number of hydrogen-bond donors (Lipinski definition) is 4. The van der Waals surface area contributed by atoms with Crippen molar-refractivity contribution in [3.8, 4) is 0 Å². The Hall–Kier alpha value is -1.22. The molecule has 0 bridgehead atoms. The third kappa shape index (κ3) is 9.50. The van der Waals surface area contributed by atoms with Crippen LogP contribution in [0.2, 0.25) is 0 Å². The Morgan fingerprint density at radius 2 is 1.91 bits per heavy atom. The summed E-state index contributed by atoms with van der Waals surface area (Å²) in [5, 5.41) is 13.8. The first kappa shape index (κ1) is 21.8. The smallest absolute Gasteiger partial charge is 0.326 e. The van der Waals surface area contributed by atoms with Crippen molar-refractivity contribution in [2.45, 2.75) is 51.6 Å². The molecule has 132 valence electrons. The van der Waals surface area contributed by atoms with Gasteiger partial charge in [-0.1, -0.05) is 25.6 Å². The molecule has 0 aromatic heterocycles. The van der Waals surface area contributed by atoms with Crippen LogP contribution in [-0.4, -0.2) is 51.6 Å². The summed E-state index contributed by atoms with van der Waals surface area (Å²) < 4.78 is 0. The SMILES string of the molecule is CCC(=O)NC(CCS)C(=O)O.CCC(=O)NC1CCSC1=O. The average Bonchev–Trinajstić information content (AvgIpc) is 2.92. The van der Waals surface area contributed by atoms with E-state index in [4.69, 9.17) is 5.11 Å². The fourth-order valence-corrected chi connectivity index (χ4v) is 2.80. The van der Waals surface area contributed by atoms with Gasteiger partial charge in [0, 0.05) is 18.6 Å². The number of carbonyl (C=O) groups excluding carboxylic acids is 3. The largest absolute Gasteiger partial charge is 0.480 e. The Morgan fingerprint density at radius 3 is 2.30 bits per heavy atom. The van der Waals surface area contributed by atoms with Crippen LogP contribution >= 0.6 is 24.4 Å². The molecule has 23 heavy (non-hydrogen) atoms. The second kappa shape index (κ2) is 12.2. The highest BCUT2D eigenvalue weighted by Gasteiger charge is 2.25. The lowest BCUT2D eigenvalue weighted by Crippen LogP contribution is -2.40. The van der Waals surface area contributed by atoms with Gasteiger partial charge < -0.3 is 15.7 Å². The zero-order chi connectivity index (χ0) is 17.8. The minimum atomic E-state index is -1.01. The van der Waals surface area contributed by atoms with Crippen LogP contribution in [0.25, 0.3) is 0 Å². The molecule has 0 aromatic rings. The maximum absolute atomic E-state index is 11.0. The molecule has 2 amide bonds. The Bertz CT molecular complexity index is 429. The molecule has 9 heteroatoms. The number of carbonyl (C=O) groups is 4. The first-order chi connectivity index (χ1) is 10.8. The van der Waals surface area contributed by atoms with E-state index < -0.39 is 12.0 Å². The fourth-order valence-electron chi connectivity index (χ4n) is 1.61. The molecule has 1 aliphatic heterocycles. The molecule has 0 saturated carbocycles. The van der Waals surface area contributed by atoms with Crippen LogP contribution in [0, 0.1) is 0 Å². The number of thiol groups is 1. The van der Waals surface area contributed by atoms with Crippen LogP contribution < -0.4 is 10.6 Å². The second-order valence-electron chi connectivity index (χ2n) is 4.75. The van der Waals surface area contributed by atoms with Gasteiger partial charge in [0.25, 0.3) is 0 Å². The molecule has 1 aliphatic rings. The molecular formula is C14H24N2O5S2. The van der Waals surface area contributed by atoms with Crippen molar-refractivity contribution in [2.24, 2.45) is 0 Å². The zero-order valence-electron chi connectivity index (χ0n) is 13.3. The predicted molar refractivity (Wildman–Crippen MR) is 92.6 cm³/mol. The molecule has 2 unspecified atom stereocenters. The third-order valence-corrected chi connectivity index (χ3v) is 4.23. The Morgan fingerprint density at radius 1 is 1.30 bits per heavy atom. The molecule has 1 fully saturated rings. The van der Waals surface area contributed by atoms with Gasteiger partial charge in [-0.3, -0.25) is 14.4 Å². The second-order valence-corrected chi connectivity index (χ2v) is 6.30. The first-order valence-corrected chi connectivity index (χ1v) is 9.06. The van der Waals surface area contributed by atoms with Crippen molar-refractivity contribution in [3.05, 3.63) is 0 Å². The van der Waals surface area contributed by atoms with Gasteiger partial charge in [-0.05, 0) is 18.6 Å². The summed E-state index contributed by atoms with van der Waals surface area (Å²) in [5.74, 6) is -0.00468. The fraction of sp³-hybridized carbons (Fsp3) is 0.714. The third-order valence-electron chi connectivity index (χ3n) is 2.96. The standard InChI is InChI=1S/C7H13NO3S.C7H11NO2S/c1-2-6(9)8-5(3-4-12)7(10)11;1-2-6(9)8-5-3-4-11-7(5)10/h5,12H,2-4H2,1H3,(H,8,9)(H,10,11);5H,2-4H2,1H3,(H,8,9). The van der Waals surface area contributed by atoms with Gasteiger partial charge in [-0.15, -0.1) is 0 Å². The number of nitrogens with one attached hydrogen (secondary N) is 2. The van der Waals surface area contributed by atoms with Gasteiger partial charge in [0.15, 0.2) is 0 Å². The van der Waals surface area contributed by atoms with E-state index in [0.717, 1.165) is 12.2 Å². The van der Waals surface area contributed by atoms with E-state index in [1.54, 1.807) is 13.8 Å². The molecule has 0 aliphatic carbocycles. The molecule has 7 nitrogen and oxygen atoms in total. The first-order valence-electron chi connectivity index (χ1n) is 7.44. The van der Waals surface area contributed by atoms with E-state index in [0.29, 0.717) is 25.0 Å². The number of thioether (sulfide) groups is 1.